The van der Waals surface area contributed by atoms with Crippen LogP contribution >= 0.6 is 11.8 Å². The molecule has 0 aliphatic rings. The van der Waals surface area contributed by atoms with Crippen LogP contribution in [0.15, 0.2) is 58.2 Å². The zero-order chi connectivity index (χ0) is 17.6. The minimum atomic E-state index is -0.568. The van der Waals surface area contributed by atoms with Gasteiger partial charge >= 0.3 is 0 Å². The molecular weight excluding hydrogens is 343 g/mol. The Bertz CT molecular complexity index is 868. The topological polar surface area (TPSA) is 65.2 Å². The smallest absolute Gasteiger partial charge is 0.277 e. The second-order valence-electron chi connectivity index (χ2n) is 5.19. The maximum absolute atomic E-state index is 13.7. The van der Waals surface area contributed by atoms with Crippen molar-refractivity contribution in [2.45, 2.75) is 11.6 Å². The molecule has 0 radical (unpaired) electrons. The second-order valence-corrected chi connectivity index (χ2v) is 6.11. The van der Waals surface area contributed by atoms with Crippen molar-refractivity contribution in [3.05, 3.63) is 71.4 Å². The number of thioether (sulfide) groups is 1. The van der Waals surface area contributed by atoms with Crippen LogP contribution in [0.1, 0.15) is 21.8 Å². The van der Waals surface area contributed by atoms with Gasteiger partial charge in [-0.3, -0.25) is 4.79 Å². The molecule has 2 aromatic carbocycles. The standard InChI is InChI=1S/C18H15FN2O3S/c1-23-16-8-7-13(10-14(16)19)15(22)11-25-18-21-20-17(24-18)9-12-5-3-2-4-6-12/h2-8,10H,9,11H2,1H3. The van der Waals surface area contributed by atoms with Crippen LogP contribution < -0.4 is 4.74 Å². The van der Waals surface area contributed by atoms with Gasteiger partial charge in [0.05, 0.1) is 19.3 Å². The maximum Gasteiger partial charge on any atom is 0.277 e. The first kappa shape index (κ1) is 17.2. The van der Waals surface area contributed by atoms with E-state index in [-0.39, 0.29) is 22.8 Å². The van der Waals surface area contributed by atoms with E-state index in [2.05, 4.69) is 10.2 Å². The molecule has 3 aromatic rings. The molecule has 0 unspecified atom stereocenters. The van der Waals surface area contributed by atoms with Gasteiger partial charge < -0.3 is 9.15 Å². The van der Waals surface area contributed by atoms with Gasteiger partial charge in [0.15, 0.2) is 17.3 Å². The van der Waals surface area contributed by atoms with Crippen LogP contribution in [0, 0.1) is 5.82 Å². The lowest BCUT2D eigenvalue weighted by Gasteiger charge is -2.03. The van der Waals surface area contributed by atoms with E-state index in [0.29, 0.717) is 17.5 Å². The van der Waals surface area contributed by atoms with Gasteiger partial charge in [0.2, 0.25) is 5.89 Å². The molecule has 128 valence electrons. The molecule has 0 amide bonds. The van der Waals surface area contributed by atoms with Gasteiger partial charge in [-0.2, -0.15) is 0 Å². The number of benzene rings is 2. The third-order valence-corrected chi connectivity index (χ3v) is 4.27. The average Bonchev–Trinajstić information content (AvgIpc) is 3.08. The van der Waals surface area contributed by atoms with Gasteiger partial charge in [-0.05, 0) is 23.8 Å². The number of methoxy groups -OCH3 is 1. The van der Waals surface area contributed by atoms with E-state index in [1.807, 2.05) is 30.3 Å². The van der Waals surface area contributed by atoms with Crippen LogP contribution in [-0.2, 0) is 6.42 Å². The molecule has 1 heterocycles. The van der Waals surface area contributed by atoms with Gasteiger partial charge in [-0.1, -0.05) is 42.1 Å². The Hall–Kier alpha value is -2.67. The first-order valence-electron chi connectivity index (χ1n) is 7.51. The lowest BCUT2D eigenvalue weighted by atomic mass is 10.1. The summed E-state index contributed by atoms with van der Waals surface area (Å²) in [6, 6.07) is 13.9. The molecule has 25 heavy (non-hydrogen) atoms. The summed E-state index contributed by atoms with van der Waals surface area (Å²) in [5, 5.41) is 8.21. The number of hydrogen-bond acceptors (Lipinski definition) is 6. The molecule has 1 aromatic heterocycles. The molecule has 0 N–H and O–H groups in total. The van der Waals surface area contributed by atoms with Crippen molar-refractivity contribution >= 4 is 17.5 Å². The number of carbonyl (C=O) groups is 1. The largest absolute Gasteiger partial charge is 0.494 e. The van der Waals surface area contributed by atoms with Crippen molar-refractivity contribution in [1.29, 1.82) is 0 Å². The Kier molecular flexibility index (Phi) is 5.45. The predicted octanol–water partition coefficient (Wildman–Crippen LogP) is 3.78. The van der Waals surface area contributed by atoms with Crippen molar-refractivity contribution in [3.63, 3.8) is 0 Å². The first-order chi connectivity index (χ1) is 12.2. The van der Waals surface area contributed by atoms with Crippen molar-refractivity contribution < 1.29 is 18.3 Å². The van der Waals surface area contributed by atoms with Gasteiger partial charge in [0.25, 0.3) is 5.22 Å². The molecule has 0 saturated carbocycles. The van der Waals surface area contributed by atoms with E-state index >= 15 is 0 Å². The molecule has 0 saturated heterocycles. The number of aromatic nitrogens is 2. The van der Waals surface area contributed by atoms with E-state index < -0.39 is 5.82 Å². The Morgan fingerprint density at radius 2 is 2.00 bits per heavy atom. The lowest BCUT2D eigenvalue weighted by Crippen LogP contribution is -2.03. The third-order valence-electron chi connectivity index (χ3n) is 3.45. The number of hydrogen-bond donors (Lipinski definition) is 0. The number of carbonyl (C=O) groups excluding carboxylic acids is 1. The highest BCUT2D eigenvalue weighted by Crippen LogP contribution is 2.22. The monoisotopic (exact) mass is 358 g/mol. The zero-order valence-corrected chi connectivity index (χ0v) is 14.3. The van der Waals surface area contributed by atoms with Crippen LogP contribution in [0.4, 0.5) is 4.39 Å². The van der Waals surface area contributed by atoms with E-state index in [1.54, 1.807) is 0 Å². The minimum Gasteiger partial charge on any atom is -0.494 e. The minimum absolute atomic E-state index is 0.0821. The van der Waals surface area contributed by atoms with E-state index in [0.717, 1.165) is 23.4 Å². The Morgan fingerprint density at radius 3 is 2.72 bits per heavy atom. The Morgan fingerprint density at radius 1 is 1.20 bits per heavy atom. The van der Waals surface area contributed by atoms with E-state index in [1.165, 1.54) is 19.2 Å². The fraction of sp³-hybridized carbons (Fsp3) is 0.167. The molecule has 0 aliphatic heterocycles. The van der Waals surface area contributed by atoms with Crippen molar-refractivity contribution in [1.82, 2.24) is 10.2 Å². The second kappa shape index (κ2) is 7.94. The summed E-state index contributed by atoms with van der Waals surface area (Å²) in [7, 11) is 1.37. The summed E-state index contributed by atoms with van der Waals surface area (Å²) in [6.07, 6.45) is 0.534. The number of ether oxygens (including phenoxy) is 1. The number of ketones is 1. The fourth-order valence-electron chi connectivity index (χ4n) is 2.19. The Labute approximate surface area is 148 Å². The Balaban J connectivity index is 1.58. The molecule has 0 spiro atoms. The van der Waals surface area contributed by atoms with Crippen molar-refractivity contribution in [2.24, 2.45) is 0 Å². The highest BCUT2D eigenvalue weighted by atomic mass is 32.2. The highest BCUT2D eigenvalue weighted by Gasteiger charge is 2.13. The van der Waals surface area contributed by atoms with Gasteiger partial charge in [-0.15, -0.1) is 10.2 Å². The number of rotatable bonds is 7. The average molecular weight is 358 g/mol. The van der Waals surface area contributed by atoms with E-state index in [9.17, 15) is 9.18 Å². The van der Waals surface area contributed by atoms with Crippen LogP contribution in [0.2, 0.25) is 0 Å². The molecule has 0 aliphatic carbocycles. The van der Waals surface area contributed by atoms with Gasteiger partial charge in [-0.25, -0.2) is 4.39 Å². The third kappa shape index (κ3) is 4.45. The SMILES string of the molecule is COc1ccc(C(=O)CSc2nnc(Cc3ccccc3)o2)cc1F. The maximum atomic E-state index is 13.7. The summed E-state index contributed by atoms with van der Waals surface area (Å²) >= 11 is 1.13. The fourth-order valence-corrected chi connectivity index (χ4v) is 2.86. The predicted molar refractivity (Wildman–Crippen MR) is 91.6 cm³/mol. The van der Waals surface area contributed by atoms with Crippen LogP contribution in [0.25, 0.3) is 0 Å². The van der Waals surface area contributed by atoms with E-state index in [4.69, 9.17) is 9.15 Å². The molecule has 3 rings (SSSR count). The summed E-state index contributed by atoms with van der Waals surface area (Å²) < 4.78 is 24.0. The summed E-state index contributed by atoms with van der Waals surface area (Å²) in [5.41, 5.74) is 1.34. The van der Waals surface area contributed by atoms with Gasteiger partial charge in [0.1, 0.15) is 0 Å². The number of Topliss-reactive ketones (excluding diaryl/α,β-unsaturated/α-hetero) is 1. The summed E-state index contributed by atoms with van der Waals surface area (Å²) in [5.74, 6) is -0.127. The quantitative estimate of drug-likeness (QED) is 0.473. The van der Waals surface area contributed by atoms with Crippen molar-refractivity contribution in [3.8, 4) is 5.75 Å². The normalized spacial score (nSPS) is 10.6. The van der Waals surface area contributed by atoms with Crippen LogP contribution in [0.3, 0.4) is 0 Å². The van der Waals surface area contributed by atoms with Crippen LogP contribution in [-0.4, -0.2) is 28.8 Å². The molecule has 0 bridgehead atoms. The number of halogens is 1. The summed E-state index contributed by atoms with van der Waals surface area (Å²) in [6.45, 7) is 0. The van der Waals surface area contributed by atoms with Crippen molar-refractivity contribution in [2.75, 3.05) is 12.9 Å². The number of nitrogens with zero attached hydrogens (tertiary/aromatic N) is 2. The molecular formula is C18H15FN2O3S. The highest BCUT2D eigenvalue weighted by molar-refractivity contribution is 7.99. The molecule has 7 heteroatoms. The summed E-state index contributed by atoms with van der Waals surface area (Å²) in [4.78, 5) is 12.1. The molecule has 5 nitrogen and oxygen atoms in total. The molecule has 0 fully saturated rings. The van der Waals surface area contributed by atoms with Gasteiger partial charge in [0, 0.05) is 5.56 Å². The molecule has 0 atom stereocenters. The lowest BCUT2D eigenvalue weighted by molar-refractivity contribution is 0.102. The van der Waals surface area contributed by atoms with Crippen LogP contribution in [0.5, 0.6) is 5.75 Å². The first-order valence-corrected chi connectivity index (χ1v) is 8.50. The zero-order valence-electron chi connectivity index (χ0n) is 13.4.